The molecule has 1 aromatic heterocycles. The molecule has 5 nitrogen and oxygen atoms in total. The van der Waals surface area contributed by atoms with Gasteiger partial charge < -0.3 is 5.73 Å². The van der Waals surface area contributed by atoms with Gasteiger partial charge in [0, 0.05) is 31.9 Å². The van der Waals surface area contributed by atoms with Gasteiger partial charge in [-0.2, -0.15) is 0 Å². The highest BCUT2D eigenvalue weighted by molar-refractivity contribution is 4.99. The molecule has 0 spiro atoms. The Kier molecular flexibility index (Phi) is 4.58. The number of nitrogens with two attached hydrogens (primary N) is 1. The maximum atomic E-state index is 6.10. The van der Waals surface area contributed by atoms with E-state index in [0.29, 0.717) is 0 Å². The van der Waals surface area contributed by atoms with Gasteiger partial charge in [-0.15, -0.1) is 5.10 Å². The fraction of sp³-hybridized carbons (Fsp3) is 0.857. The highest BCUT2D eigenvalue weighted by Gasteiger charge is 2.37. The highest BCUT2D eigenvalue weighted by atomic mass is 15.4. The van der Waals surface area contributed by atoms with Crippen molar-refractivity contribution < 1.29 is 0 Å². The van der Waals surface area contributed by atoms with Crippen molar-refractivity contribution in [3.63, 3.8) is 0 Å². The quantitative estimate of drug-likeness (QED) is 0.877. The molecule has 108 valence electrons. The van der Waals surface area contributed by atoms with Crippen LogP contribution >= 0.6 is 0 Å². The molecule has 5 heteroatoms. The summed E-state index contributed by atoms with van der Waals surface area (Å²) in [4.78, 5) is 2.39. The Labute approximate surface area is 116 Å². The molecule has 1 heterocycles. The molecule has 0 radical (unpaired) electrons. The summed E-state index contributed by atoms with van der Waals surface area (Å²) in [7, 11) is 4.08. The lowest BCUT2D eigenvalue weighted by Crippen LogP contribution is -2.53. The number of rotatable bonds is 5. The molecule has 2 N–H and O–H groups in total. The third-order valence-electron chi connectivity index (χ3n) is 4.85. The molecule has 0 unspecified atom stereocenters. The van der Waals surface area contributed by atoms with Crippen molar-refractivity contribution in [3.8, 4) is 0 Å². The average Bonchev–Trinajstić information content (AvgIpc) is 2.84. The average molecular weight is 265 g/mol. The maximum Gasteiger partial charge on any atom is 0.0967 e. The number of hydrogen-bond donors (Lipinski definition) is 1. The second kappa shape index (κ2) is 6.01. The first-order valence-electron chi connectivity index (χ1n) is 7.36. The van der Waals surface area contributed by atoms with Crippen LogP contribution < -0.4 is 5.73 Å². The lowest BCUT2D eigenvalue weighted by atomic mass is 9.74. The Morgan fingerprint density at radius 3 is 2.63 bits per heavy atom. The van der Waals surface area contributed by atoms with Crippen LogP contribution in [0.2, 0.25) is 0 Å². The largest absolute Gasteiger partial charge is 0.329 e. The van der Waals surface area contributed by atoms with Crippen molar-refractivity contribution in [1.29, 1.82) is 0 Å². The van der Waals surface area contributed by atoms with Crippen LogP contribution in [0.5, 0.6) is 0 Å². The number of likely N-dealkylation sites (N-methyl/N-ethyl adjacent to an activating group) is 1. The SMILES string of the molecule is CCC1CCC(CN)(N(C)Cc2cn(C)nn2)CC1. The Morgan fingerprint density at radius 1 is 1.47 bits per heavy atom. The van der Waals surface area contributed by atoms with Crippen molar-refractivity contribution in [1.82, 2.24) is 19.9 Å². The second-order valence-corrected chi connectivity index (χ2v) is 6.02. The number of aromatic nitrogens is 3. The third kappa shape index (κ3) is 3.15. The summed E-state index contributed by atoms with van der Waals surface area (Å²) in [5, 5.41) is 8.18. The number of hydrogen-bond acceptors (Lipinski definition) is 4. The Hall–Kier alpha value is -0.940. The number of aryl methyl sites for hydroxylation is 1. The first kappa shape index (κ1) is 14.5. The van der Waals surface area contributed by atoms with E-state index in [4.69, 9.17) is 5.73 Å². The minimum atomic E-state index is 0.156. The van der Waals surface area contributed by atoms with E-state index in [9.17, 15) is 0 Å². The van der Waals surface area contributed by atoms with Crippen LogP contribution in [0.15, 0.2) is 6.20 Å². The van der Waals surface area contributed by atoms with E-state index >= 15 is 0 Å². The fourth-order valence-corrected chi connectivity index (χ4v) is 3.24. The molecule has 19 heavy (non-hydrogen) atoms. The lowest BCUT2D eigenvalue weighted by Gasteiger charge is -2.45. The van der Waals surface area contributed by atoms with E-state index in [0.717, 1.165) is 24.7 Å². The molecule has 1 aliphatic carbocycles. The molecular weight excluding hydrogens is 238 g/mol. The Bertz CT molecular complexity index is 392. The molecule has 1 fully saturated rings. The van der Waals surface area contributed by atoms with Crippen LogP contribution in [-0.2, 0) is 13.6 Å². The van der Waals surface area contributed by atoms with Gasteiger partial charge in [-0.3, -0.25) is 9.58 Å². The normalized spacial score (nSPS) is 27.9. The predicted molar refractivity (Wildman–Crippen MR) is 76.5 cm³/mol. The molecule has 1 aromatic rings. The summed E-state index contributed by atoms with van der Waals surface area (Å²) in [5.74, 6) is 0.893. The smallest absolute Gasteiger partial charge is 0.0967 e. The highest BCUT2D eigenvalue weighted by Crippen LogP contribution is 2.37. The minimum Gasteiger partial charge on any atom is -0.329 e. The van der Waals surface area contributed by atoms with Gasteiger partial charge in [0.25, 0.3) is 0 Å². The molecule has 0 bridgehead atoms. The molecule has 0 aromatic carbocycles. The summed E-state index contributed by atoms with van der Waals surface area (Å²) < 4.78 is 1.76. The minimum absolute atomic E-state index is 0.156. The second-order valence-electron chi connectivity index (χ2n) is 6.02. The van der Waals surface area contributed by atoms with Crippen LogP contribution in [0.25, 0.3) is 0 Å². The molecule has 0 atom stereocenters. The van der Waals surface area contributed by atoms with Gasteiger partial charge in [0.2, 0.25) is 0 Å². The molecular formula is C14H27N5. The van der Waals surface area contributed by atoms with E-state index in [1.165, 1.54) is 32.1 Å². The van der Waals surface area contributed by atoms with Crippen molar-refractivity contribution >= 4 is 0 Å². The summed E-state index contributed by atoms with van der Waals surface area (Å²) in [6, 6.07) is 0. The van der Waals surface area contributed by atoms with Gasteiger partial charge in [-0.25, -0.2) is 0 Å². The molecule has 0 saturated heterocycles. The summed E-state index contributed by atoms with van der Waals surface area (Å²) in [6.45, 7) is 3.87. The van der Waals surface area contributed by atoms with Crippen LogP contribution in [0, 0.1) is 5.92 Å². The topological polar surface area (TPSA) is 60.0 Å². The number of nitrogens with zero attached hydrogens (tertiary/aromatic N) is 4. The summed E-state index contributed by atoms with van der Waals surface area (Å²) in [6.07, 6.45) is 8.31. The van der Waals surface area contributed by atoms with Crippen molar-refractivity contribution in [2.24, 2.45) is 18.7 Å². The van der Waals surface area contributed by atoms with Gasteiger partial charge in [-0.05, 0) is 38.6 Å². The third-order valence-corrected chi connectivity index (χ3v) is 4.85. The molecule has 0 amide bonds. The van der Waals surface area contributed by atoms with Crippen LogP contribution in [0.4, 0.5) is 0 Å². The first-order chi connectivity index (χ1) is 9.09. The molecule has 2 rings (SSSR count). The molecule has 1 aliphatic rings. The van der Waals surface area contributed by atoms with E-state index in [-0.39, 0.29) is 5.54 Å². The summed E-state index contributed by atoms with van der Waals surface area (Å²) in [5.41, 5.74) is 7.28. The van der Waals surface area contributed by atoms with E-state index in [1.807, 2.05) is 13.2 Å². The van der Waals surface area contributed by atoms with Crippen LogP contribution in [0.3, 0.4) is 0 Å². The fourth-order valence-electron chi connectivity index (χ4n) is 3.24. The Morgan fingerprint density at radius 2 is 2.16 bits per heavy atom. The van der Waals surface area contributed by atoms with Crippen molar-refractivity contribution in [3.05, 3.63) is 11.9 Å². The first-order valence-corrected chi connectivity index (χ1v) is 7.36. The Balaban J connectivity index is 2.00. The zero-order chi connectivity index (χ0) is 13.9. The monoisotopic (exact) mass is 265 g/mol. The molecule has 1 saturated carbocycles. The van der Waals surface area contributed by atoms with E-state index < -0.39 is 0 Å². The van der Waals surface area contributed by atoms with Crippen LogP contribution in [-0.4, -0.2) is 39.0 Å². The van der Waals surface area contributed by atoms with Crippen molar-refractivity contribution in [2.45, 2.75) is 51.1 Å². The standard InChI is InChI=1S/C14H27N5/c1-4-12-5-7-14(11-15,8-6-12)18(2)9-13-10-19(3)17-16-13/h10,12H,4-9,11,15H2,1-3H3. The van der Waals surface area contributed by atoms with E-state index in [2.05, 4.69) is 29.2 Å². The lowest BCUT2D eigenvalue weighted by molar-refractivity contribution is 0.0569. The van der Waals surface area contributed by atoms with Gasteiger partial charge in [0.05, 0.1) is 5.69 Å². The van der Waals surface area contributed by atoms with Crippen LogP contribution in [0.1, 0.15) is 44.7 Å². The van der Waals surface area contributed by atoms with Gasteiger partial charge in [-0.1, -0.05) is 18.6 Å². The summed E-state index contributed by atoms with van der Waals surface area (Å²) >= 11 is 0. The van der Waals surface area contributed by atoms with E-state index in [1.54, 1.807) is 4.68 Å². The van der Waals surface area contributed by atoms with Gasteiger partial charge in [0.15, 0.2) is 0 Å². The maximum absolute atomic E-state index is 6.10. The zero-order valence-electron chi connectivity index (χ0n) is 12.5. The van der Waals surface area contributed by atoms with Crippen molar-refractivity contribution in [2.75, 3.05) is 13.6 Å². The predicted octanol–water partition coefficient (Wildman–Crippen LogP) is 1.54. The van der Waals surface area contributed by atoms with Gasteiger partial charge >= 0.3 is 0 Å². The van der Waals surface area contributed by atoms with Gasteiger partial charge in [0.1, 0.15) is 0 Å². The molecule has 0 aliphatic heterocycles. The zero-order valence-corrected chi connectivity index (χ0v) is 12.5.